The number of aromatic nitrogens is 2. The minimum Gasteiger partial charge on any atom is -0.362 e. The van der Waals surface area contributed by atoms with E-state index in [1.165, 1.54) is 32.1 Å². The molecule has 3 aromatic rings. The van der Waals surface area contributed by atoms with Gasteiger partial charge in [-0.15, -0.1) is 11.3 Å². The smallest absolute Gasteiger partial charge is 0.219 e. The molecule has 5 rings (SSSR count). The number of thiophene rings is 1. The Morgan fingerprint density at radius 3 is 2.63 bits per heavy atom. The van der Waals surface area contributed by atoms with Gasteiger partial charge in [0.15, 0.2) is 0 Å². The number of fused-ring (bicyclic) bond motifs is 1. The summed E-state index contributed by atoms with van der Waals surface area (Å²) in [5, 5.41) is 3.76. The Labute approximate surface area is 230 Å². The first-order valence-electron chi connectivity index (χ1n) is 13.7. The molecular formula is C30H40N6OS. The van der Waals surface area contributed by atoms with Gasteiger partial charge in [-0.2, -0.15) is 0 Å². The van der Waals surface area contributed by atoms with Crippen molar-refractivity contribution in [2.24, 2.45) is 0 Å². The summed E-state index contributed by atoms with van der Waals surface area (Å²) < 4.78 is 0. The van der Waals surface area contributed by atoms with Gasteiger partial charge >= 0.3 is 0 Å². The average Bonchev–Trinajstić information content (AvgIpc) is 3.39. The van der Waals surface area contributed by atoms with Crippen molar-refractivity contribution in [2.75, 3.05) is 39.0 Å². The van der Waals surface area contributed by atoms with E-state index in [9.17, 15) is 4.79 Å². The number of rotatable bonds is 7. The van der Waals surface area contributed by atoms with Gasteiger partial charge in [0.2, 0.25) is 5.91 Å². The van der Waals surface area contributed by atoms with Crippen LogP contribution in [0.5, 0.6) is 0 Å². The van der Waals surface area contributed by atoms with Crippen LogP contribution in [0.1, 0.15) is 60.3 Å². The molecule has 1 amide bonds. The largest absolute Gasteiger partial charge is 0.362 e. The molecule has 0 aliphatic carbocycles. The first kappa shape index (κ1) is 26.8. The molecule has 2 aliphatic rings. The average molecular weight is 533 g/mol. The third-order valence-corrected chi connectivity index (χ3v) is 9.11. The lowest BCUT2D eigenvalue weighted by Crippen LogP contribution is -2.47. The summed E-state index contributed by atoms with van der Waals surface area (Å²) in [6.45, 7) is 10.4. The standard InChI is InChI=1S/C30H40N6OS/c1-20(28-10-11-29(38-28)25-9-7-6-8-23(25)18-34(4)5)31-30-26-19-36(17-14-27(26)32-21(2)33-30)24-12-15-35(16-13-24)22(3)37/h6-11,20,24H,12-19H2,1-5H3,(H,31,32,33). The van der Waals surface area contributed by atoms with E-state index in [-0.39, 0.29) is 11.9 Å². The van der Waals surface area contributed by atoms with E-state index in [0.717, 1.165) is 63.6 Å². The Kier molecular flexibility index (Phi) is 8.12. The summed E-state index contributed by atoms with van der Waals surface area (Å²) in [4.78, 5) is 30.8. The van der Waals surface area contributed by atoms with Crippen LogP contribution in [0.15, 0.2) is 36.4 Å². The summed E-state index contributed by atoms with van der Waals surface area (Å²) in [6, 6.07) is 13.9. The summed E-state index contributed by atoms with van der Waals surface area (Å²) >= 11 is 1.85. The Balaban J connectivity index is 1.32. The SMILES string of the molecule is CC(=O)N1CCC(N2CCc3nc(C)nc(NC(C)c4ccc(-c5ccccc5CN(C)C)s4)c3C2)CC1. The Morgan fingerprint density at radius 1 is 1.13 bits per heavy atom. The van der Waals surface area contributed by atoms with Crippen molar-refractivity contribution in [2.45, 2.75) is 65.2 Å². The van der Waals surface area contributed by atoms with Gasteiger partial charge in [-0.05, 0) is 64.0 Å². The van der Waals surface area contributed by atoms with Crippen molar-refractivity contribution in [1.29, 1.82) is 0 Å². The van der Waals surface area contributed by atoms with E-state index < -0.39 is 0 Å². The molecular weight excluding hydrogens is 492 g/mol. The fourth-order valence-electron chi connectivity index (χ4n) is 5.78. The number of amides is 1. The first-order chi connectivity index (χ1) is 18.3. The zero-order valence-electron chi connectivity index (χ0n) is 23.3. The van der Waals surface area contributed by atoms with Gasteiger partial charge in [-0.25, -0.2) is 9.97 Å². The number of likely N-dealkylation sites (tertiary alicyclic amines) is 1. The Morgan fingerprint density at radius 2 is 1.89 bits per heavy atom. The van der Waals surface area contributed by atoms with E-state index in [0.29, 0.717) is 6.04 Å². The second kappa shape index (κ2) is 11.5. The van der Waals surface area contributed by atoms with Crippen LogP contribution < -0.4 is 5.32 Å². The van der Waals surface area contributed by atoms with Crippen molar-refractivity contribution < 1.29 is 4.79 Å². The summed E-state index contributed by atoms with van der Waals surface area (Å²) in [6.07, 6.45) is 3.02. The fraction of sp³-hybridized carbons (Fsp3) is 0.500. The van der Waals surface area contributed by atoms with E-state index in [1.54, 1.807) is 6.92 Å². The van der Waals surface area contributed by atoms with Gasteiger partial charge in [0, 0.05) is 67.4 Å². The molecule has 1 unspecified atom stereocenters. The zero-order chi connectivity index (χ0) is 26.8. The molecule has 2 aliphatic heterocycles. The maximum absolute atomic E-state index is 11.8. The van der Waals surface area contributed by atoms with E-state index in [4.69, 9.17) is 9.97 Å². The topological polar surface area (TPSA) is 64.6 Å². The molecule has 1 N–H and O–H groups in total. The molecule has 1 saturated heterocycles. The maximum atomic E-state index is 11.8. The molecule has 0 saturated carbocycles. The number of hydrogen-bond acceptors (Lipinski definition) is 7. The number of carbonyl (C=O) groups excluding carboxylic acids is 1. The molecule has 1 atom stereocenters. The van der Waals surface area contributed by atoms with Gasteiger partial charge in [0.25, 0.3) is 0 Å². The highest BCUT2D eigenvalue weighted by atomic mass is 32.1. The van der Waals surface area contributed by atoms with Crippen LogP contribution in [-0.4, -0.2) is 70.3 Å². The monoisotopic (exact) mass is 532 g/mol. The summed E-state index contributed by atoms with van der Waals surface area (Å²) in [5.41, 5.74) is 5.07. The van der Waals surface area contributed by atoms with Crippen LogP contribution in [0, 0.1) is 6.92 Å². The molecule has 0 radical (unpaired) electrons. The van der Waals surface area contributed by atoms with Crippen LogP contribution in [0.25, 0.3) is 10.4 Å². The Hall–Kier alpha value is -2.81. The van der Waals surface area contributed by atoms with Gasteiger partial charge in [-0.1, -0.05) is 24.3 Å². The molecule has 1 aromatic carbocycles. The van der Waals surface area contributed by atoms with Crippen LogP contribution in [0.2, 0.25) is 0 Å². The zero-order valence-corrected chi connectivity index (χ0v) is 24.1. The van der Waals surface area contributed by atoms with Crippen molar-refractivity contribution in [1.82, 2.24) is 24.7 Å². The highest BCUT2D eigenvalue weighted by Crippen LogP contribution is 2.36. The third kappa shape index (κ3) is 5.92. The van der Waals surface area contributed by atoms with Gasteiger partial charge in [0.05, 0.1) is 11.7 Å². The van der Waals surface area contributed by atoms with Crippen LogP contribution in [0.4, 0.5) is 5.82 Å². The molecule has 0 bridgehead atoms. The number of nitrogens with one attached hydrogen (secondary N) is 1. The van der Waals surface area contributed by atoms with Crippen molar-refractivity contribution >= 4 is 23.1 Å². The minimum absolute atomic E-state index is 0.141. The van der Waals surface area contributed by atoms with E-state index in [1.807, 2.05) is 23.2 Å². The summed E-state index contributed by atoms with van der Waals surface area (Å²) in [7, 11) is 4.23. The third-order valence-electron chi connectivity index (χ3n) is 7.80. The molecule has 4 heterocycles. The molecule has 38 heavy (non-hydrogen) atoms. The van der Waals surface area contributed by atoms with Crippen molar-refractivity contribution in [3.05, 3.63) is 63.9 Å². The first-order valence-corrected chi connectivity index (χ1v) is 14.6. The number of hydrogen-bond donors (Lipinski definition) is 1. The molecule has 2 aromatic heterocycles. The van der Waals surface area contributed by atoms with Crippen LogP contribution in [0.3, 0.4) is 0 Å². The number of aryl methyl sites for hydroxylation is 1. The van der Waals surface area contributed by atoms with Gasteiger partial charge in [0.1, 0.15) is 11.6 Å². The molecule has 8 heteroatoms. The molecule has 202 valence electrons. The number of nitrogens with zero attached hydrogens (tertiary/aromatic N) is 5. The second-order valence-corrected chi connectivity index (χ2v) is 12.1. The van der Waals surface area contributed by atoms with Crippen molar-refractivity contribution in [3.8, 4) is 10.4 Å². The molecule has 1 fully saturated rings. The number of piperidine rings is 1. The highest BCUT2D eigenvalue weighted by molar-refractivity contribution is 7.15. The molecule has 0 spiro atoms. The summed E-state index contributed by atoms with van der Waals surface area (Å²) in [5.74, 6) is 1.98. The van der Waals surface area contributed by atoms with Crippen LogP contribution in [-0.2, 0) is 24.3 Å². The van der Waals surface area contributed by atoms with Crippen LogP contribution >= 0.6 is 11.3 Å². The lowest BCUT2D eigenvalue weighted by Gasteiger charge is -2.40. The maximum Gasteiger partial charge on any atom is 0.219 e. The quantitative estimate of drug-likeness (QED) is 0.456. The second-order valence-electron chi connectivity index (χ2n) is 11.0. The van der Waals surface area contributed by atoms with Gasteiger partial charge < -0.3 is 15.1 Å². The molecule has 7 nitrogen and oxygen atoms in total. The van der Waals surface area contributed by atoms with E-state index in [2.05, 4.69) is 72.5 Å². The van der Waals surface area contributed by atoms with E-state index >= 15 is 0 Å². The van der Waals surface area contributed by atoms with Gasteiger partial charge in [-0.3, -0.25) is 9.69 Å². The predicted octanol–water partition coefficient (Wildman–Crippen LogP) is 5.12. The lowest BCUT2D eigenvalue weighted by molar-refractivity contribution is -0.130. The minimum atomic E-state index is 0.141. The fourth-order valence-corrected chi connectivity index (χ4v) is 6.85. The Bertz CT molecular complexity index is 1280. The number of anilines is 1. The number of benzene rings is 1. The normalized spacial score (nSPS) is 17.5. The van der Waals surface area contributed by atoms with Crippen molar-refractivity contribution in [3.63, 3.8) is 0 Å². The highest BCUT2D eigenvalue weighted by Gasteiger charge is 2.30. The number of carbonyl (C=O) groups is 1. The lowest BCUT2D eigenvalue weighted by atomic mass is 9.98. The predicted molar refractivity (Wildman–Crippen MR) is 155 cm³/mol.